The number of piperidine rings is 1. The standard InChI is InChI=1S/C25H23FN4O4/c26-21-5-3-17(4-6-21)15-30-23(32)25(28-24(30)33,20-2-1-10-27-14-20)19-7-11-29(12-8-19)22(31)18-9-13-34-16-18/h1-6,9-10,13-14,16,19H,7-8,11-12,15H2,(H,28,33). The van der Waals surface area contributed by atoms with Crippen LogP contribution in [0.4, 0.5) is 9.18 Å². The van der Waals surface area contributed by atoms with Crippen LogP contribution in [0.3, 0.4) is 0 Å². The van der Waals surface area contributed by atoms with Crippen molar-refractivity contribution in [2.75, 3.05) is 13.1 Å². The summed E-state index contributed by atoms with van der Waals surface area (Å²) in [6.07, 6.45) is 7.13. The topological polar surface area (TPSA) is 95.8 Å². The van der Waals surface area contributed by atoms with Gasteiger partial charge >= 0.3 is 6.03 Å². The van der Waals surface area contributed by atoms with Crippen molar-refractivity contribution in [1.82, 2.24) is 20.1 Å². The minimum absolute atomic E-state index is 0.0325. The van der Waals surface area contributed by atoms with Gasteiger partial charge in [-0.3, -0.25) is 19.5 Å². The van der Waals surface area contributed by atoms with E-state index in [1.165, 1.54) is 29.6 Å². The van der Waals surface area contributed by atoms with Gasteiger partial charge in [-0.25, -0.2) is 9.18 Å². The van der Waals surface area contributed by atoms with E-state index < -0.39 is 11.6 Å². The smallest absolute Gasteiger partial charge is 0.325 e. The normalized spacial score (nSPS) is 21.1. The Labute approximate surface area is 195 Å². The van der Waals surface area contributed by atoms with Gasteiger partial charge in [0.25, 0.3) is 11.8 Å². The molecule has 2 fully saturated rings. The highest BCUT2D eigenvalue weighted by Gasteiger charge is 2.57. The molecule has 8 nitrogen and oxygen atoms in total. The lowest BCUT2D eigenvalue weighted by atomic mass is 9.73. The van der Waals surface area contributed by atoms with Gasteiger partial charge < -0.3 is 14.6 Å². The number of pyridine rings is 1. The van der Waals surface area contributed by atoms with Gasteiger partial charge in [-0.2, -0.15) is 0 Å². The first-order valence-electron chi connectivity index (χ1n) is 11.1. The van der Waals surface area contributed by atoms with Crippen LogP contribution in [0.1, 0.15) is 34.3 Å². The fraction of sp³-hybridized carbons (Fsp3) is 0.280. The van der Waals surface area contributed by atoms with Gasteiger partial charge in [-0.1, -0.05) is 18.2 Å². The number of nitrogens with zero attached hydrogens (tertiary/aromatic N) is 3. The van der Waals surface area contributed by atoms with Gasteiger partial charge in [-0.15, -0.1) is 0 Å². The van der Waals surface area contributed by atoms with Crippen molar-refractivity contribution in [3.05, 3.63) is 89.9 Å². The van der Waals surface area contributed by atoms with Crippen LogP contribution >= 0.6 is 0 Å². The molecule has 0 spiro atoms. The van der Waals surface area contributed by atoms with Crippen LogP contribution in [0.15, 0.2) is 71.8 Å². The maximum atomic E-state index is 13.9. The second kappa shape index (κ2) is 8.74. The number of imide groups is 1. The van der Waals surface area contributed by atoms with E-state index in [-0.39, 0.29) is 30.1 Å². The lowest BCUT2D eigenvalue weighted by molar-refractivity contribution is -0.134. The molecule has 2 saturated heterocycles. The molecule has 4 amide bonds. The van der Waals surface area contributed by atoms with Gasteiger partial charge in [0.15, 0.2) is 5.54 Å². The number of hydrogen-bond donors (Lipinski definition) is 1. The van der Waals surface area contributed by atoms with Crippen LogP contribution < -0.4 is 5.32 Å². The molecular weight excluding hydrogens is 439 g/mol. The summed E-state index contributed by atoms with van der Waals surface area (Å²) < 4.78 is 18.3. The predicted molar refractivity (Wildman–Crippen MR) is 119 cm³/mol. The largest absolute Gasteiger partial charge is 0.472 e. The predicted octanol–water partition coefficient (Wildman–Crippen LogP) is 3.31. The van der Waals surface area contributed by atoms with E-state index in [1.54, 1.807) is 47.6 Å². The number of halogens is 1. The number of aromatic nitrogens is 1. The summed E-state index contributed by atoms with van der Waals surface area (Å²) in [5.41, 5.74) is 0.453. The maximum Gasteiger partial charge on any atom is 0.325 e. The average Bonchev–Trinajstić information content (AvgIpc) is 3.49. The molecule has 34 heavy (non-hydrogen) atoms. The zero-order valence-electron chi connectivity index (χ0n) is 18.3. The second-order valence-corrected chi connectivity index (χ2v) is 8.58. The Morgan fingerprint density at radius 3 is 2.56 bits per heavy atom. The molecule has 2 aliphatic rings. The number of furan rings is 1. The van der Waals surface area contributed by atoms with Gasteiger partial charge in [-0.05, 0) is 48.6 Å². The summed E-state index contributed by atoms with van der Waals surface area (Å²) in [5, 5.41) is 2.96. The SMILES string of the molecule is O=C(c1ccoc1)N1CCC(C2(c3cccnc3)NC(=O)N(Cc3ccc(F)cc3)C2=O)CC1. The molecule has 174 valence electrons. The van der Waals surface area contributed by atoms with Crippen LogP contribution in [0.2, 0.25) is 0 Å². The number of urea groups is 1. The van der Waals surface area contributed by atoms with Crippen molar-refractivity contribution >= 4 is 17.8 Å². The lowest BCUT2D eigenvalue weighted by Crippen LogP contribution is -2.54. The molecule has 5 rings (SSSR count). The number of likely N-dealkylation sites (tertiary alicyclic amines) is 1. The molecule has 4 heterocycles. The third kappa shape index (κ3) is 3.72. The van der Waals surface area contributed by atoms with E-state index >= 15 is 0 Å². The number of nitrogens with one attached hydrogen (secondary N) is 1. The highest BCUT2D eigenvalue weighted by Crippen LogP contribution is 2.41. The quantitative estimate of drug-likeness (QED) is 0.587. The molecule has 0 saturated carbocycles. The van der Waals surface area contributed by atoms with Crippen LogP contribution in [0.25, 0.3) is 0 Å². The number of carbonyl (C=O) groups excluding carboxylic acids is 3. The number of hydrogen-bond acceptors (Lipinski definition) is 5. The molecule has 9 heteroatoms. The Balaban J connectivity index is 1.41. The molecule has 2 aromatic heterocycles. The summed E-state index contributed by atoms with van der Waals surface area (Å²) in [4.78, 5) is 46.7. The average molecular weight is 462 g/mol. The Morgan fingerprint density at radius 2 is 1.91 bits per heavy atom. The van der Waals surface area contributed by atoms with Crippen LogP contribution in [-0.2, 0) is 16.9 Å². The fourth-order valence-electron chi connectivity index (χ4n) is 4.90. The van der Waals surface area contributed by atoms with E-state index in [2.05, 4.69) is 10.3 Å². The molecule has 1 aromatic carbocycles. The van der Waals surface area contributed by atoms with E-state index in [4.69, 9.17) is 4.42 Å². The summed E-state index contributed by atoms with van der Waals surface area (Å²) in [6.45, 7) is 0.917. The molecule has 1 unspecified atom stereocenters. The highest BCUT2D eigenvalue weighted by atomic mass is 19.1. The Morgan fingerprint density at radius 1 is 1.15 bits per heavy atom. The van der Waals surface area contributed by atoms with Gasteiger partial charge in [0.05, 0.1) is 18.4 Å². The molecule has 2 aliphatic heterocycles. The molecule has 1 N–H and O–H groups in total. The third-order valence-electron chi connectivity index (χ3n) is 6.67. The summed E-state index contributed by atoms with van der Waals surface area (Å²) in [7, 11) is 0. The zero-order chi connectivity index (χ0) is 23.7. The lowest BCUT2D eigenvalue weighted by Gasteiger charge is -2.41. The van der Waals surface area contributed by atoms with E-state index in [9.17, 15) is 18.8 Å². The zero-order valence-corrected chi connectivity index (χ0v) is 18.3. The van der Waals surface area contributed by atoms with Crippen molar-refractivity contribution in [3.63, 3.8) is 0 Å². The first-order chi connectivity index (χ1) is 16.5. The number of rotatable bonds is 5. The summed E-state index contributed by atoms with van der Waals surface area (Å²) in [5.74, 6) is -1.11. The van der Waals surface area contributed by atoms with Crippen molar-refractivity contribution in [3.8, 4) is 0 Å². The Kier molecular flexibility index (Phi) is 5.61. The Hall–Kier alpha value is -4.01. The molecule has 1 atom stereocenters. The van der Waals surface area contributed by atoms with Gasteiger partial charge in [0.2, 0.25) is 0 Å². The first-order valence-corrected chi connectivity index (χ1v) is 11.1. The monoisotopic (exact) mass is 462 g/mol. The van der Waals surface area contributed by atoms with Gasteiger partial charge in [0.1, 0.15) is 12.1 Å². The third-order valence-corrected chi connectivity index (χ3v) is 6.67. The van der Waals surface area contributed by atoms with E-state index in [1.807, 2.05) is 0 Å². The van der Waals surface area contributed by atoms with Crippen molar-refractivity contribution in [2.45, 2.75) is 24.9 Å². The van der Waals surface area contributed by atoms with Crippen LogP contribution in [0.5, 0.6) is 0 Å². The van der Waals surface area contributed by atoms with E-state index in [0.29, 0.717) is 42.6 Å². The maximum absolute atomic E-state index is 13.9. The van der Waals surface area contributed by atoms with Gasteiger partial charge in [0, 0.05) is 31.0 Å². The van der Waals surface area contributed by atoms with Crippen molar-refractivity contribution in [2.24, 2.45) is 5.92 Å². The minimum atomic E-state index is -1.28. The summed E-state index contributed by atoms with van der Waals surface area (Å²) in [6, 6.07) is 10.4. The molecule has 0 aliphatic carbocycles. The number of amides is 4. The minimum Gasteiger partial charge on any atom is -0.472 e. The molecular formula is C25H23FN4O4. The number of carbonyl (C=O) groups is 3. The summed E-state index contributed by atoms with van der Waals surface area (Å²) >= 11 is 0. The second-order valence-electron chi connectivity index (χ2n) is 8.58. The highest BCUT2D eigenvalue weighted by molar-refractivity contribution is 6.07. The van der Waals surface area contributed by atoms with Crippen molar-refractivity contribution in [1.29, 1.82) is 0 Å². The molecule has 0 bridgehead atoms. The number of benzene rings is 1. The van der Waals surface area contributed by atoms with E-state index in [0.717, 1.165) is 0 Å². The van der Waals surface area contributed by atoms with Crippen LogP contribution in [-0.4, -0.2) is 45.7 Å². The Bertz CT molecular complexity index is 1190. The molecule has 0 radical (unpaired) electrons. The fourth-order valence-corrected chi connectivity index (χ4v) is 4.90. The first kappa shape index (κ1) is 21.8. The molecule has 3 aromatic rings. The van der Waals surface area contributed by atoms with Crippen molar-refractivity contribution < 1.29 is 23.2 Å². The van der Waals surface area contributed by atoms with Crippen LogP contribution in [0, 0.1) is 11.7 Å².